The number of hydrogen-bond acceptors (Lipinski definition) is 2. The molecule has 3 heteroatoms. The second-order valence-corrected chi connectivity index (χ2v) is 4.74. The number of aldehydes is 1. The molecular weight excluding hydrogens is 260 g/mol. The molecule has 0 N–H and O–H groups in total. The molecule has 0 fully saturated rings. The Balaban J connectivity index is 2.44. The van der Waals surface area contributed by atoms with Crippen LogP contribution in [0.2, 0.25) is 5.02 Å². The molecule has 0 aliphatic carbocycles. The summed E-state index contributed by atoms with van der Waals surface area (Å²) in [6.07, 6.45) is 8.00. The highest BCUT2D eigenvalue weighted by molar-refractivity contribution is 6.30. The first kappa shape index (κ1) is 15.4. The third-order valence-electron chi connectivity index (χ3n) is 2.85. The van der Waals surface area contributed by atoms with Crippen molar-refractivity contribution in [1.82, 2.24) is 0 Å². The van der Waals surface area contributed by atoms with E-state index in [1.54, 1.807) is 0 Å². The fourth-order valence-electron chi connectivity index (χ4n) is 1.67. The van der Waals surface area contributed by atoms with Crippen molar-refractivity contribution in [3.63, 3.8) is 0 Å². The van der Waals surface area contributed by atoms with Crippen LogP contribution in [0.5, 0.6) is 0 Å². The molecule has 19 heavy (non-hydrogen) atoms. The Morgan fingerprint density at radius 3 is 2.58 bits per heavy atom. The Hall–Kier alpha value is -1.67. The van der Waals surface area contributed by atoms with Gasteiger partial charge in [0.25, 0.3) is 0 Å². The van der Waals surface area contributed by atoms with Crippen LogP contribution in [0.4, 0.5) is 0 Å². The third kappa shape index (κ3) is 6.16. The Morgan fingerprint density at radius 2 is 2.00 bits per heavy atom. The van der Waals surface area contributed by atoms with Gasteiger partial charge in [0.2, 0.25) is 0 Å². The first-order valence-corrected chi connectivity index (χ1v) is 6.56. The molecule has 0 heterocycles. The molecule has 0 saturated heterocycles. The minimum absolute atomic E-state index is 0.215. The van der Waals surface area contributed by atoms with Crippen molar-refractivity contribution in [2.75, 3.05) is 0 Å². The maximum atomic E-state index is 10.9. The highest BCUT2D eigenvalue weighted by atomic mass is 35.5. The number of Topliss-reactive ketones (excluding diaryl/α,β-unsaturated/α-hetero) is 1. The van der Waals surface area contributed by atoms with Crippen LogP contribution in [-0.4, -0.2) is 12.1 Å². The molecule has 1 atom stereocenters. The van der Waals surface area contributed by atoms with E-state index >= 15 is 0 Å². The maximum absolute atomic E-state index is 10.9. The van der Waals surface area contributed by atoms with Crippen molar-refractivity contribution in [1.29, 1.82) is 0 Å². The fraction of sp³-hybridized carbons (Fsp3) is 0.250. The molecule has 0 spiro atoms. The van der Waals surface area contributed by atoms with Gasteiger partial charge in [0.15, 0.2) is 12.1 Å². The average Bonchev–Trinajstić information content (AvgIpc) is 2.44. The van der Waals surface area contributed by atoms with Crippen LogP contribution in [-0.2, 0) is 9.59 Å². The Labute approximate surface area is 118 Å². The molecule has 2 nitrogen and oxygen atoms in total. The Kier molecular flexibility index (Phi) is 6.83. The first-order chi connectivity index (χ1) is 9.15. The van der Waals surface area contributed by atoms with E-state index < -0.39 is 0 Å². The van der Waals surface area contributed by atoms with Gasteiger partial charge in [-0.25, -0.2) is 0 Å². The minimum Gasteiger partial charge on any atom is -0.295 e. The van der Waals surface area contributed by atoms with Crippen LogP contribution < -0.4 is 0 Å². The number of allylic oxidation sites excluding steroid dienone is 2. The third-order valence-corrected chi connectivity index (χ3v) is 3.10. The molecule has 1 rings (SSSR count). The van der Waals surface area contributed by atoms with Gasteiger partial charge in [-0.05, 0) is 36.5 Å². The number of benzene rings is 1. The van der Waals surface area contributed by atoms with Gasteiger partial charge in [0.05, 0.1) is 0 Å². The summed E-state index contributed by atoms with van der Waals surface area (Å²) in [7, 11) is 0. The van der Waals surface area contributed by atoms with Gasteiger partial charge in [-0.15, -0.1) is 6.58 Å². The van der Waals surface area contributed by atoms with E-state index in [-0.39, 0.29) is 18.1 Å². The van der Waals surface area contributed by atoms with Gasteiger partial charge in [0, 0.05) is 11.4 Å². The van der Waals surface area contributed by atoms with Crippen LogP contribution in [0.3, 0.4) is 0 Å². The summed E-state index contributed by atoms with van der Waals surface area (Å²) < 4.78 is 0. The molecule has 0 aliphatic heterocycles. The SMILES string of the molecule is C=CC(CC=Cc1ccc(Cl)cc1)CCC(=O)C=O. The van der Waals surface area contributed by atoms with Crippen molar-refractivity contribution >= 4 is 29.7 Å². The van der Waals surface area contributed by atoms with E-state index in [1.165, 1.54) is 0 Å². The zero-order valence-electron chi connectivity index (χ0n) is 10.7. The molecule has 0 aliphatic rings. The summed E-state index contributed by atoms with van der Waals surface area (Å²) in [5.74, 6) is -0.138. The van der Waals surface area contributed by atoms with Crippen molar-refractivity contribution in [2.45, 2.75) is 19.3 Å². The van der Waals surface area contributed by atoms with Gasteiger partial charge in [-0.3, -0.25) is 9.59 Å². The van der Waals surface area contributed by atoms with Crippen molar-refractivity contribution in [3.05, 3.63) is 53.6 Å². The maximum Gasteiger partial charge on any atom is 0.195 e. The number of ketones is 1. The summed E-state index contributed by atoms with van der Waals surface area (Å²) in [5.41, 5.74) is 1.08. The van der Waals surface area contributed by atoms with Crippen LogP contribution >= 0.6 is 11.6 Å². The van der Waals surface area contributed by atoms with E-state index in [0.717, 1.165) is 12.0 Å². The van der Waals surface area contributed by atoms with E-state index in [9.17, 15) is 9.59 Å². The topological polar surface area (TPSA) is 34.1 Å². The zero-order valence-corrected chi connectivity index (χ0v) is 11.5. The highest BCUT2D eigenvalue weighted by Gasteiger charge is 2.05. The zero-order chi connectivity index (χ0) is 14.1. The van der Waals surface area contributed by atoms with Crippen LogP contribution in [0, 0.1) is 5.92 Å². The van der Waals surface area contributed by atoms with Gasteiger partial charge in [0.1, 0.15) is 0 Å². The molecule has 0 aromatic heterocycles. The van der Waals surface area contributed by atoms with Gasteiger partial charge < -0.3 is 0 Å². The van der Waals surface area contributed by atoms with Crippen LogP contribution in [0.1, 0.15) is 24.8 Å². The van der Waals surface area contributed by atoms with Gasteiger partial charge in [-0.1, -0.05) is 42.0 Å². The molecule has 0 amide bonds. The second kappa shape index (κ2) is 8.44. The van der Waals surface area contributed by atoms with E-state index in [2.05, 4.69) is 6.58 Å². The van der Waals surface area contributed by atoms with E-state index in [1.807, 2.05) is 42.5 Å². The normalized spacial score (nSPS) is 12.3. The summed E-state index contributed by atoms with van der Waals surface area (Å²) in [4.78, 5) is 21.2. The summed E-state index contributed by atoms with van der Waals surface area (Å²) >= 11 is 5.81. The Morgan fingerprint density at radius 1 is 1.32 bits per heavy atom. The predicted octanol–water partition coefficient (Wildman–Crippen LogP) is 4.09. The quantitative estimate of drug-likeness (QED) is 0.407. The molecule has 1 unspecified atom stereocenters. The number of hydrogen-bond donors (Lipinski definition) is 0. The lowest BCUT2D eigenvalue weighted by Gasteiger charge is -2.07. The Bertz CT molecular complexity index is 460. The largest absolute Gasteiger partial charge is 0.295 e. The molecule has 0 radical (unpaired) electrons. The van der Waals surface area contributed by atoms with Gasteiger partial charge >= 0.3 is 0 Å². The first-order valence-electron chi connectivity index (χ1n) is 6.18. The monoisotopic (exact) mass is 276 g/mol. The molecule has 1 aromatic rings. The minimum atomic E-state index is -0.353. The average molecular weight is 277 g/mol. The van der Waals surface area contributed by atoms with E-state index in [0.29, 0.717) is 17.7 Å². The van der Waals surface area contributed by atoms with Crippen molar-refractivity contribution in [2.24, 2.45) is 5.92 Å². The number of rotatable bonds is 8. The summed E-state index contributed by atoms with van der Waals surface area (Å²) in [6, 6.07) is 7.57. The lowest BCUT2D eigenvalue weighted by atomic mass is 9.98. The number of halogens is 1. The molecule has 0 saturated carbocycles. The molecule has 0 bridgehead atoms. The second-order valence-electron chi connectivity index (χ2n) is 4.31. The number of carbonyl (C=O) groups is 2. The predicted molar refractivity (Wildman–Crippen MR) is 79.1 cm³/mol. The summed E-state index contributed by atoms with van der Waals surface area (Å²) in [5, 5.41) is 0.716. The van der Waals surface area contributed by atoms with Gasteiger partial charge in [-0.2, -0.15) is 0 Å². The lowest BCUT2D eigenvalue weighted by Crippen LogP contribution is -2.03. The fourth-order valence-corrected chi connectivity index (χ4v) is 1.80. The van der Waals surface area contributed by atoms with Crippen LogP contribution in [0.25, 0.3) is 6.08 Å². The smallest absolute Gasteiger partial charge is 0.195 e. The standard InChI is InChI=1S/C16H17ClO2/c1-2-13(8-11-16(19)12-18)4-3-5-14-6-9-15(17)10-7-14/h2-3,5-7,9-10,12-13H,1,4,8,11H2. The highest BCUT2D eigenvalue weighted by Crippen LogP contribution is 2.15. The number of carbonyl (C=O) groups excluding carboxylic acids is 2. The van der Waals surface area contributed by atoms with Crippen molar-refractivity contribution in [3.8, 4) is 0 Å². The lowest BCUT2D eigenvalue weighted by molar-refractivity contribution is -0.130. The molecule has 1 aromatic carbocycles. The van der Waals surface area contributed by atoms with Crippen molar-refractivity contribution < 1.29 is 9.59 Å². The van der Waals surface area contributed by atoms with E-state index in [4.69, 9.17) is 11.6 Å². The van der Waals surface area contributed by atoms with Crippen LogP contribution in [0.15, 0.2) is 43.0 Å². The molecular formula is C16H17ClO2. The summed E-state index contributed by atoms with van der Waals surface area (Å²) in [6.45, 7) is 3.75. The molecule has 100 valence electrons.